The van der Waals surface area contributed by atoms with Gasteiger partial charge in [0.1, 0.15) is 18.1 Å². The number of benzene rings is 1. The number of aromatic nitrogens is 2. The SMILES string of the molecule is C=CCOCCOC(=O)C(C)(C)OC(=O)c1cc(-n2c(=O)cc(C(F)(F)F)n(C)c2=O)c(F)cc1Cl. The van der Waals surface area contributed by atoms with Crippen molar-refractivity contribution in [1.82, 2.24) is 9.13 Å². The number of hydrogen-bond donors (Lipinski definition) is 0. The normalized spacial score (nSPS) is 11.8. The highest BCUT2D eigenvalue weighted by Gasteiger charge is 2.37. The van der Waals surface area contributed by atoms with Gasteiger partial charge in [-0.05, 0) is 26.0 Å². The van der Waals surface area contributed by atoms with E-state index < -0.39 is 62.7 Å². The number of rotatable bonds is 9. The Kier molecular flexibility index (Phi) is 8.86. The van der Waals surface area contributed by atoms with Crippen molar-refractivity contribution < 1.29 is 41.4 Å². The van der Waals surface area contributed by atoms with Crippen LogP contribution < -0.4 is 11.2 Å². The fourth-order valence-electron chi connectivity index (χ4n) is 2.85. The average molecular weight is 537 g/mol. The van der Waals surface area contributed by atoms with E-state index in [2.05, 4.69) is 6.58 Å². The molecule has 2 rings (SSSR count). The van der Waals surface area contributed by atoms with E-state index in [1.54, 1.807) is 0 Å². The zero-order valence-electron chi connectivity index (χ0n) is 19.3. The molecule has 1 aromatic carbocycles. The third-order valence-corrected chi connectivity index (χ3v) is 4.96. The molecule has 0 atom stereocenters. The number of carbonyl (C=O) groups excluding carboxylic acids is 2. The van der Waals surface area contributed by atoms with E-state index in [1.165, 1.54) is 19.9 Å². The predicted octanol–water partition coefficient (Wildman–Crippen LogP) is 3.03. The lowest BCUT2D eigenvalue weighted by Crippen LogP contribution is -2.41. The van der Waals surface area contributed by atoms with Gasteiger partial charge in [-0.25, -0.2) is 23.3 Å². The van der Waals surface area contributed by atoms with Crippen LogP contribution in [0.3, 0.4) is 0 Å². The van der Waals surface area contributed by atoms with Crippen LogP contribution in [-0.4, -0.2) is 46.5 Å². The van der Waals surface area contributed by atoms with Gasteiger partial charge in [-0.1, -0.05) is 17.7 Å². The van der Waals surface area contributed by atoms with Crippen molar-refractivity contribution in [2.45, 2.75) is 25.6 Å². The van der Waals surface area contributed by atoms with Gasteiger partial charge in [-0.15, -0.1) is 6.58 Å². The van der Waals surface area contributed by atoms with Crippen molar-refractivity contribution in [3.63, 3.8) is 0 Å². The van der Waals surface area contributed by atoms with Crippen LogP contribution in [0, 0.1) is 5.82 Å². The second-order valence-electron chi connectivity index (χ2n) is 7.73. The molecule has 0 spiro atoms. The van der Waals surface area contributed by atoms with Crippen LogP contribution in [0.1, 0.15) is 29.9 Å². The molecule has 0 fully saturated rings. The second-order valence-corrected chi connectivity index (χ2v) is 8.13. The first-order valence-electron chi connectivity index (χ1n) is 10.1. The van der Waals surface area contributed by atoms with Gasteiger partial charge < -0.3 is 14.2 Å². The molecule has 0 radical (unpaired) electrons. The van der Waals surface area contributed by atoms with Gasteiger partial charge in [0.25, 0.3) is 5.56 Å². The molecule has 9 nitrogen and oxygen atoms in total. The van der Waals surface area contributed by atoms with E-state index in [4.69, 9.17) is 25.8 Å². The quantitative estimate of drug-likeness (QED) is 0.210. The number of esters is 2. The van der Waals surface area contributed by atoms with Gasteiger partial charge in [0, 0.05) is 13.1 Å². The summed E-state index contributed by atoms with van der Waals surface area (Å²) in [5.74, 6) is -3.50. The van der Waals surface area contributed by atoms with E-state index in [0.29, 0.717) is 12.1 Å². The summed E-state index contributed by atoms with van der Waals surface area (Å²) >= 11 is 5.92. The summed E-state index contributed by atoms with van der Waals surface area (Å²) < 4.78 is 69.3. The van der Waals surface area contributed by atoms with Crippen LogP contribution in [0.25, 0.3) is 5.69 Å². The molecule has 0 bridgehead atoms. The molecule has 196 valence electrons. The summed E-state index contributed by atoms with van der Waals surface area (Å²) in [6.07, 6.45) is -3.54. The zero-order valence-corrected chi connectivity index (χ0v) is 20.0. The molecule has 36 heavy (non-hydrogen) atoms. The highest BCUT2D eigenvalue weighted by atomic mass is 35.5. The standard InChI is InChI=1S/C22H21ClF4N2O7/c1-5-6-34-7-8-35-19(32)21(2,3)36-18(31)12-9-15(14(24)10-13(12)23)29-17(30)11-16(22(25,26)27)28(4)20(29)33/h5,9-11H,1,6-8H2,2-4H3. The first-order valence-corrected chi connectivity index (χ1v) is 10.5. The molecule has 0 saturated heterocycles. The van der Waals surface area contributed by atoms with E-state index in [1.807, 2.05) is 0 Å². The Balaban J connectivity index is 2.41. The molecule has 0 aliphatic carbocycles. The van der Waals surface area contributed by atoms with Gasteiger partial charge in [-0.3, -0.25) is 9.36 Å². The Bertz CT molecular complexity index is 1300. The maximum atomic E-state index is 14.6. The van der Waals surface area contributed by atoms with Crippen LogP contribution in [-0.2, 0) is 32.2 Å². The lowest BCUT2D eigenvalue weighted by atomic mass is 10.1. The first kappa shape index (κ1) is 28.8. The summed E-state index contributed by atoms with van der Waals surface area (Å²) in [6.45, 7) is 5.97. The highest BCUT2D eigenvalue weighted by Crippen LogP contribution is 2.28. The summed E-state index contributed by atoms with van der Waals surface area (Å²) in [5, 5.41) is -0.514. The average Bonchev–Trinajstić information content (AvgIpc) is 2.76. The van der Waals surface area contributed by atoms with Gasteiger partial charge in [0.05, 0.1) is 29.5 Å². The first-order chi connectivity index (χ1) is 16.6. The van der Waals surface area contributed by atoms with E-state index in [9.17, 15) is 36.7 Å². The molecule has 14 heteroatoms. The van der Waals surface area contributed by atoms with Crippen LogP contribution >= 0.6 is 11.6 Å². The number of nitrogens with zero attached hydrogens (tertiary/aromatic N) is 2. The largest absolute Gasteiger partial charge is 0.460 e. The summed E-state index contributed by atoms with van der Waals surface area (Å²) in [5.41, 5.74) is -7.87. The maximum absolute atomic E-state index is 14.6. The molecule has 1 heterocycles. The molecular formula is C22H21ClF4N2O7. The Morgan fingerprint density at radius 2 is 1.78 bits per heavy atom. The van der Waals surface area contributed by atoms with Crippen molar-refractivity contribution in [2.75, 3.05) is 19.8 Å². The third kappa shape index (κ3) is 6.40. The molecule has 2 aromatic rings. The van der Waals surface area contributed by atoms with Crippen LogP contribution in [0.15, 0.2) is 40.4 Å². The predicted molar refractivity (Wildman–Crippen MR) is 119 cm³/mol. The maximum Gasteiger partial charge on any atom is 0.431 e. The topological polar surface area (TPSA) is 106 Å². The summed E-state index contributed by atoms with van der Waals surface area (Å²) in [6, 6.07) is 1.32. The Hall–Kier alpha value is -3.45. The lowest BCUT2D eigenvalue weighted by Gasteiger charge is -2.23. The van der Waals surface area contributed by atoms with Gasteiger partial charge in [0.2, 0.25) is 5.60 Å². The molecule has 0 saturated carbocycles. The molecule has 0 amide bonds. The minimum atomic E-state index is -5.03. The number of alkyl halides is 3. The Morgan fingerprint density at radius 1 is 1.14 bits per heavy atom. The van der Waals surface area contributed by atoms with Crippen molar-refractivity contribution in [3.8, 4) is 5.69 Å². The lowest BCUT2D eigenvalue weighted by molar-refractivity contribution is -0.163. The second kappa shape index (κ2) is 11.1. The monoisotopic (exact) mass is 536 g/mol. The molecule has 0 unspecified atom stereocenters. The molecular weight excluding hydrogens is 516 g/mol. The fourth-order valence-corrected chi connectivity index (χ4v) is 3.07. The van der Waals surface area contributed by atoms with Crippen molar-refractivity contribution >= 4 is 23.5 Å². The summed E-state index contributed by atoms with van der Waals surface area (Å²) in [4.78, 5) is 49.8. The van der Waals surface area contributed by atoms with E-state index in [0.717, 1.165) is 7.05 Å². The number of carbonyl (C=O) groups is 2. The van der Waals surface area contributed by atoms with Gasteiger partial charge >= 0.3 is 23.8 Å². The smallest absolute Gasteiger partial charge is 0.431 e. The molecule has 0 N–H and O–H groups in total. The van der Waals surface area contributed by atoms with Crippen LogP contribution in [0.4, 0.5) is 17.6 Å². The van der Waals surface area contributed by atoms with E-state index in [-0.39, 0.29) is 35.0 Å². The van der Waals surface area contributed by atoms with Crippen LogP contribution in [0.5, 0.6) is 0 Å². The van der Waals surface area contributed by atoms with Crippen molar-refractivity contribution in [1.29, 1.82) is 0 Å². The van der Waals surface area contributed by atoms with Crippen molar-refractivity contribution in [3.05, 3.63) is 73.8 Å². The van der Waals surface area contributed by atoms with Gasteiger partial charge in [0.15, 0.2) is 0 Å². The van der Waals surface area contributed by atoms with Crippen LogP contribution in [0.2, 0.25) is 5.02 Å². The minimum Gasteiger partial charge on any atom is -0.460 e. The Labute approximate surface area is 206 Å². The number of halogens is 5. The fraction of sp³-hybridized carbons (Fsp3) is 0.364. The number of hydrogen-bond acceptors (Lipinski definition) is 7. The minimum absolute atomic E-state index is 0.0474. The number of ether oxygens (including phenoxy) is 3. The van der Waals surface area contributed by atoms with E-state index >= 15 is 0 Å². The zero-order chi connectivity index (χ0) is 27.4. The van der Waals surface area contributed by atoms with Crippen molar-refractivity contribution in [2.24, 2.45) is 7.05 Å². The third-order valence-electron chi connectivity index (χ3n) is 4.64. The Morgan fingerprint density at radius 3 is 2.36 bits per heavy atom. The highest BCUT2D eigenvalue weighted by molar-refractivity contribution is 6.33. The summed E-state index contributed by atoms with van der Waals surface area (Å²) in [7, 11) is 0.737. The van der Waals surface area contributed by atoms with Gasteiger partial charge in [-0.2, -0.15) is 13.2 Å². The molecule has 0 aliphatic rings. The molecule has 0 aliphatic heterocycles. The molecule has 1 aromatic heterocycles.